The Morgan fingerprint density at radius 2 is 1.91 bits per heavy atom. The van der Waals surface area contributed by atoms with Gasteiger partial charge in [-0.25, -0.2) is 0 Å². The van der Waals surface area contributed by atoms with Gasteiger partial charge in [-0.15, -0.1) is 0 Å². The fourth-order valence-electron chi connectivity index (χ4n) is 1.51. The van der Waals surface area contributed by atoms with Gasteiger partial charge in [-0.2, -0.15) is 0 Å². The fraction of sp³-hybridized carbons (Fsp3) is 0.333. The average Bonchev–Trinajstić information content (AvgIpc) is 1.85. The van der Waals surface area contributed by atoms with Gasteiger partial charge in [0.1, 0.15) is 0 Å². The van der Waals surface area contributed by atoms with Crippen LogP contribution in [0.3, 0.4) is 0 Å². The van der Waals surface area contributed by atoms with E-state index < -0.39 is 0 Å². The zero-order valence-electron chi connectivity index (χ0n) is 7.68. The maximum Gasteiger partial charge on any atom is 0.0412 e. The van der Waals surface area contributed by atoms with Gasteiger partial charge < -0.3 is 4.90 Å². The summed E-state index contributed by atoms with van der Waals surface area (Å²) in [6, 6.07) is 6.50. The van der Waals surface area contributed by atoms with Crippen molar-refractivity contribution >= 4 is 21.1 Å². The molecule has 0 aromatic heterocycles. The van der Waals surface area contributed by atoms with Gasteiger partial charge >= 0.3 is 0 Å². The smallest absolute Gasteiger partial charge is 0.0412 e. The number of benzene rings is 1. The predicted molar refractivity (Wildman–Crippen MR) is 55.1 cm³/mol. The molecule has 0 aliphatic heterocycles. The number of nitrogens with zero attached hydrogens (tertiary/aromatic N) is 1. The number of anilines is 1. The van der Waals surface area contributed by atoms with Crippen LogP contribution in [0, 0.1) is 6.92 Å². The first-order valence-corrected chi connectivity index (χ1v) is 4.86. The number of hydrogen-bond acceptors (Lipinski definition) is 1. The average molecular weight is 165 g/mol. The van der Waals surface area contributed by atoms with E-state index >= 15 is 0 Å². The SMILES string of the molecule is Cc1cccc([SiH3])c1N(C)C. The Kier molecular flexibility index (Phi) is 2.34. The zero-order chi connectivity index (χ0) is 8.43. The largest absolute Gasteiger partial charge is 0.378 e. The molecule has 0 atom stereocenters. The van der Waals surface area contributed by atoms with Crippen LogP contribution in [0.4, 0.5) is 5.69 Å². The summed E-state index contributed by atoms with van der Waals surface area (Å²) in [5.74, 6) is 0. The van der Waals surface area contributed by atoms with Crippen molar-refractivity contribution in [2.24, 2.45) is 0 Å². The molecular weight excluding hydrogens is 150 g/mol. The summed E-state index contributed by atoms with van der Waals surface area (Å²) in [5.41, 5.74) is 2.78. The van der Waals surface area contributed by atoms with Gasteiger partial charge in [0.25, 0.3) is 0 Å². The summed E-state index contributed by atoms with van der Waals surface area (Å²) in [6.45, 7) is 2.16. The van der Waals surface area contributed by atoms with Crippen molar-refractivity contribution in [3.05, 3.63) is 23.8 Å². The van der Waals surface area contributed by atoms with E-state index in [1.165, 1.54) is 16.4 Å². The second-order valence-corrected chi connectivity index (χ2v) is 4.21. The summed E-state index contributed by atoms with van der Waals surface area (Å²) >= 11 is 0. The molecule has 60 valence electrons. The van der Waals surface area contributed by atoms with Crippen molar-refractivity contribution in [2.45, 2.75) is 6.92 Å². The Balaban J connectivity index is 3.21. The zero-order valence-corrected chi connectivity index (χ0v) is 9.68. The number of para-hydroxylation sites is 1. The van der Waals surface area contributed by atoms with Gasteiger partial charge in [-0.05, 0) is 17.7 Å². The van der Waals surface area contributed by atoms with E-state index in [1.807, 2.05) is 0 Å². The Bertz CT molecular complexity index is 235. The van der Waals surface area contributed by atoms with E-state index in [0.717, 1.165) is 10.2 Å². The van der Waals surface area contributed by atoms with Crippen LogP contribution in [-0.2, 0) is 0 Å². The Hall–Kier alpha value is -0.763. The molecule has 0 spiro atoms. The van der Waals surface area contributed by atoms with E-state index in [9.17, 15) is 0 Å². The van der Waals surface area contributed by atoms with Crippen LogP contribution in [0.5, 0.6) is 0 Å². The van der Waals surface area contributed by atoms with Gasteiger partial charge in [0.15, 0.2) is 0 Å². The first-order chi connectivity index (χ1) is 5.13. The minimum atomic E-state index is 1.13. The summed E-state index contributed by atoms with van der Waals surface area (Å²) in [4.78, 5) is 2.19. The van der Waals surface area contributed by atoms with E-state index in [2.05, 4.69) is 44.1 Å². The molecule has 2 heteroatoms. The van der Waals surface area contributed by atoms with Gasteiger partial charge in [0, 0.05) is 30.0 Å². The molecule has 1 nitrogen and oxygen atoms in total. The van der Waals surface area contributed by atoms with Gasteiger partial charge in [-0.3, -0.25) is 0 Å². The summed E-state index contributed by atoms with van der Waals surface area (Å²) in [7, 11) is 5.33. The molecule has 0 aliphatic rings. The van der Waals surface area contributed by atoms with Crippen molar-refractivity contribution in [3.63, 3.8) is 0 Å². The van der Waals surface area contributed by atoms with Crippen LogP contribution < -0.4 is 10.1 Å². The molecule has 0 fully saturated rings. The Morgan fingerprint density at radius 1 is 1.27 bits per heavy atom. The number of aryl methyl sites for hydroxylation is 1. The molecule has 0 heterocycles. The van der Waals surface area contributed by atoms with Crippen molar-refractivity contribution in [3.8, 4) is 0 Å². The Labute approximate surface area is 71.5 Å². The molecule has 0 N–H and O–H groups in total. The lowest BCUT2D eigenvalue weighted by atomic mass is 10.2. The molecule has 0 aliphatic carbocycles. The van der Waals surface area contributed by atoms with E-state index in [-0.39, 0.29) is 0 Å². The highest BCUT2D eigenvalue weighted by molar-refractivity contribution is 6.36. The molecule has 1 aromatic rings. The third-order valence-corrected chi connectivity index (χ3v) is 2.69. The van der Waals surface area contributed by atoms with E-state index in [1.54, 1.807) is 0 Å². The van der Waals surface area contributed by atoms with Crippen molar-refractivity contribution in [1.29, 1.82) is 0 Å². The molecule has 0 radical (unpaired) electrons. The maximum atomic E-state index is 2.20. The molecule has 1 aromatic carbocycles. The Morgan fingerprint density at radius 3 is 2.27 bits per heavy atom. The number of hydrogen-bond donors (Lipinski definition) is 0. The van der Waals surface area contributed by atoms with Crippen LogP contribution in [0.25, 0.3) is 0 Å². The summed E-state index contributed by atoms with van der Waals surface area (Å²) < 4.78 is 0. The monoisotopic (exact) mass is 165 g/mol. The van der Waals surface area contributed by atoms with Crippen molar-refractivity contribution < 1.29 is 0 Å². The molecule has 0 bridgehead atoms. The third kappa shape index (κ3) is 1.63. The molecule has 11 heavy (non-hydrogen) atoms. The second-order valence-electron chi connectivity index (χ2n) is 3.13. The summed E-state index contributed by atoms with van der Waals surface area (Å²) in [5, 5.41) is 1.48. The lowest BCUT2D eigenvalue weighted by Crippen LogP contribution is -2.20. The van der Waals surface area contributed by atoms with Gasteiger partial charge in [0.05, 0.1) is 0 Å². The first kappa shape index (κ1) is 8.33. The molecule has 0 unspecified atom stereocenters. The first-order valence-electron chi connectivity index (χ1n) is 3.86. The molecule has 0 amide bonds. The third-order valence-electron chi connectivity index (χ3n) is 1.89. The van der Waals surface area contributed by atoms with Crippen LogP contribution in [0.2, 0.25) is 0 Å². The maximum absolute atomic E-state index is 2.20. The molecular formula is C9H15NSi. The van der Waals surface area contributed by atoms with Crippen LogP contribution in [0.15, 0.2) is 18.2 Å². The molecule has 1 rings (SSSR count). The lowest BCUT2D eigenvalue weighted by molar-refractivity contribution is 1.12. The highest BCUT2D eigenvalue weighted by Crippen LogP contribution is 2.12. The minimum Gasteiger partial charge on any atom is -0.378 e. The lowest BCUT2D eigenvalue weighted by Gasteiger charge is -2.18. The van der Waals surface area contributed by atoms with E-state index in [4.69, 9.17) is 0 Å². The molecule has 0 saturated carbocycles. The quantitative estimate of drug-likeness (QED) is 0.532. The minimum absolute atomic E-state index is 1.13. The van der Waals surface area contributed by atoms with E-state index in [0.29, 0.717) is 0 Å². The summed E-state index contributed by atoms with van der Waals surface area (Å²) in [6.07, 6.45) is 0. The highest BCUT2D eigenvalue weighted by Gasteiger charge is 2.01. The van der Waals surface area contributed by atoms with Crippen LogP contribution in [-0.4, -0.2) is 24.3 Å². The topological polar surface area (TPSA) is 3.24 Å². The highest BCUT2D eigenvalue weighted by atomic mass is 28.1. The van der Waals surface area contributed by atoms with Crippen molar-refractivity contribution in [2.75, 3.05) is 19.0 Å². The number of rotatable bonds is 1. The van der Waals surface area contributed by atoms with Gasteiger partial charge in [-0.1, -0.05) is 18.2 Å². The standard InChI is InChI=1S/C9H15NSi/c1-7-5-4-6-8(11)9(7)10(2)3/h4-6H,1-3,11H3. The predicted octanol–water partition coefficient (Wildman–Crippen LogP) is 0.0517. The van der Waals surface area contributed by atoms with Crippen molar-refractivity contribution in [1.82, 2.24) is 0 Å². The molecule has 0 saturated heterocycles. The van der Waals surface area contributed by atoms with Crippen LogP contribution in [0.1, 0.15) is 5.56 Å². The fourth-order valence-corrected chi connectivity index (χ4v) is 2.55. The van der Waals surface area contributed by atoms with Gasteiger partial charge in [0.2, 0.25) is 0 Å². The second kappa shape index (κ2) is 3.09. The normalized spacial score (nSPS) is 10.1. The van der Waals surface area contributed by atoms with Crippen LogP contribution >= 0.6 is 0 Å².